The van der Waals surface area contributed by atoms with E-state index in [4.69, 9.17) is 27.9 Å². The molecule has 0 saturated carbocycles. The van der Waals surface area contributed by atoms with E-state index in [0.29, 0.717) is 28.5 Å². The van der Waals surface area contributed by atoms with Gasteiger partial charge in [0.05, 0.1) is 6.61 Å². The van der Waals surface area contributed by atoms with Gasteiger partial charge in [-0.25, -0.2) is 4.98 Å². The van der Waals surface area contributed by atoms with Crippen molar-refractivity contribution in [1.82, 2.24) is 19.7 Å². The van der Waals surface area contributed by atoms with Gasteiger partial charge in [0.2, 0.25) is 5.88 Å². The lowest BCUT2D eigenvalue weighted by Crippen LogP contribution is -1.97. The molecule has 0 fully saturated rings. The Bertz CT molecular complexity index is 848. The van der Waals surface area contributed by atoms with Crippen LogP contribution in [-0.2, 0) is 7.05 Å². The molecule has 0 unspecified atom stereocenters. The molecule has 0 amide bonds. The van der Waals surface area contributed by atoms with Crippen molar-refractivity contribution in [2.45, 2.75) is 6.92 Å². The van der Waals surface area contributed by atoms with Gasteiger partial charge < -0.3 is 9.30 Å². The highest BCUT2D eigenvalue weighted by Crippen LogP contribution is 2.35. The smallest absolute Gasteiger partial charge is 0.215 e. The minimum absolute atomic E-state index is 0.366. The van der Waals surface area contributed by atoms with Gasteiger partial charge in [-0.2, -0.15) is 0 Å². The first kappa shape index (κ1) is 15.8. The van der Waals surface area contributed by atoms with Gasteiger partial charge in [-0.15, -0.1) is 10.2 Å². The van der Waals surface area contributed by atoms with E-state index >= 15 is 0 Å². The Hall–Kier alpha value is -2.11. The normalized spacial score (nSPS) is 10.8. The monoisotopic (exact) mass is 348 g/mol. The summed E-state index contributed by atoms with van der Waals surface area (Å²) in [5.74, 6) is 1.20. The third kappa shape index (κ3) is 3.30. The summed E-state index contributed by atoms with van der Waals surface area (Å²) in [5, 5.41) is 9.09. The summed E-state index contributed by atoms with van der Waals surface area (Å²) in [4.78, 5) is 4.16. The number of aromatic nitrogens is 4. The molecule has 0 N–H and O–H groups in total. The molecule has 5 nitrogen and oxygen atoms in total. The van der Waals surface area contributed by atoms with Crippen molar-refractivity contribution < 1.29 is 4.74 Å². The van der Waals surface area contributed by atoms with Crippen LogP contribution in [0.2, 0.25) is 10.2 Å². The summed E-state index contributed by atoms with van der Waals surface area (Å²) < 4.78 is 7.31. The fourth-order valence-corrected chi connectivity index (χ4v) is 2.70. The van der Waals surface area contributed by atoms with Gasteiger partial charge in [0.15, 0.2) is 5.82 Å². The molecule has 0 aliphatic rings. The van der Waals surface area contributed by atoms with E-state index in [-0.39, 0.29) is 0 Å². The van der Waals surface area contributed by atoms with Gasteiger partial charge in [0.25, 0.3) is 0 Å². The number of ether oxygens (including phenoxy) is 1. The number of benzene rings is 1. The van der Waals surface area contributed by atoms with E-state index in [1.54, 1.807) is 12.4 Å². The lowest BCUT2D eigenvalue weighted by Gasteiger charge is -2.11. The molecule has 3 rings (SSSR count). The number of aryl methyl sites for hydroxylation is 1. The van der Waals surface area contributed by atoms with E-state index in [1.807, 2.05) is 42.8 Å². The van der Waals surface area contributed by atoms with E-state index in [0.717, 1.165) is 16.7 Å². The Kier molecular flexibility index (Phi) is 4.50. The van der Waals surface area contributed by atoms with Gasteiger partial charge in [-0.1, -0.05) is 29.3 Å². The highest BCUT2D eigenvalue weighted by Gasteiger charge is 2.14. The summed E-state index contributed by atoms with van der Waals surface area (Å²) in [7, 11) is 1.88. The maximum absolute atomic E-state index is 6.17. The molecule has 7 heteroatoms. The molecule has 2 heterocycles. The topological polar surface area (TPSA) is 52.8 Å². The van der Waals surface area contributed by atoms with Crippen molar-refractivity contribution in [2.75, 3.05) is 6.61 Å². The van der Waals surface area contributed by atoms with Crippen molar-refractivity contribution >= 4 is 23.2 Å². The second-order valence-electron chi connectivity index (χ2n) is 4.91. The summed E-state index contributed by atoms with van der Waals surface area (Å²) in [6, 6.07) is 9.24. The second kappa shape index (κ2) is 6.56. The SMILES string of the molecule is CCOc1cc(-c2ccc(Cl)cc2-c2nncn2C)cc(Cl)n1. The van der Waals surface area contributed by atoms with Gasteiger partial charge >= 0.3 is 0 Å². The molecule has 0 atom stereocenters. The first-order valence-corrected chi connectivity index (χ1v) is 7.78. The molecule has 0 spiro atoms. The Balaban J connectivity index is 2.19. The fourth-order valence-electron chi connectivity index (χ4n) is 2.33. The zero-order chi connectivity index (χ0) is 16.4. The average Bonchev–Trinajstić information content (AvgIpc) is 2.93. The first-order chi connectivity index (χ1) is 11.1. The summed E-state index contributed by atoms with van der Waals surface area (Å²) >= 11 is 12.3. The third-order valence-corrected chi connectivity index (χ3v) is 3.74. The summed E-state index contributed by atoms with van der Waals surface area (Å²) in [5.41, 5.74) is 2.67. The highest BCUT2D eigenvalue weighted by atomic mass is 35.5. The molecule has 23 heavy (non-hydrogen) atoms. The molecular formula is C16H14Cl2N4O. The van der Waals surface area contributed by atoms with E-state index in [2.05, 4.69) is 15.2 Å². The molecule has 1 aromatic carbocycles. The number of rotatable bonds is 4. The highest BCUT2D eigenvalue weighted by molar-refractivity contribution is 6.31. The third-order valence-electron chi connectivity index (χ3n) is 3.31. The Morgan fingerprint density at radius 3 is 2.65 bits per heavy atom. The Morgan fingerprint density at radius 2 is 1.96 bits per heavy atom. The lowest BCUT2D eigenvalue weighted by atomic mass is 10.00. The van der Waals surface area contributed by atoms with Crippen molar-refractivity contribution in [3.63, 3.8) is 0 Å². The largest absolute Gasteiger partial charge is 0.478 e. The Labute approximate surface area is 143 Å². The number of halogens is 2. The van der Waals surface area contributed by atoms with Gasteiger partial charge in [-0.05, 0) is 36.2 Å². The van der Waals surface area contributed by atoms with Crippen LogP contribution in [0.1, 0.15) is 6.92 Å². The van der Waals surface area contributed by atoms with Crippen molar-refractivity contribution in [3.05, 3.63) is 46.8 Å². The quantitative estimate of drug-likeness (QED) is 0.661. The van der Waals surface area contributed by atoms with Crippen molar-refractivity contribution in [1.29, 1.82) is 0 Å². The van der Waals surface area contributed by atoms with Crippen molar-refractivity contribution in [3.8, 4) is 28.4 Å². The molecule has 118 valence electrons. The molecule has 0 aliphatic heterocycles. The zero-order valence-electron chi connectivity index (χ0n) is 12.6. The second-order valence-corrected chi connectivity index (χ2v) is 5.73. The molecule has 2 aromatic heterocycles. The van der Waals surface area contributed by atoms with Crippen LogP contribution in [0, 0.1) is 0 Å². The predicted molar refractivity (Wildman–Crippen MR) is 90.9 cm³/mol. The molecular weight excluding hydrogens is 335 g/mol. The van der Waals surface area contributed by atoms with Crippen LogP contribution < -0.4 is 4.74 Å². The molecule has 3 aromatic rings. The van der Waals surface area contributed by atoms with Crippen LogP contribution in [0.5, 0.6) is 5.88 Å². The molecule has 0 bridgehead atoms. The fraction of sp³-hybridized carbons (Fsp3) is 0.188. The van der Waals surface area contributed by atoms with Gasteiger partial charge in [0, 0.05) is 23.7 Å². The van der Waals surface area contributed by atoms with Crippen molar-refractivity contribution in [2.24, 2.45) is 7.05 Å². The van der Waals surface area contributed by atoms with Crippen LogP contribution in [0.15, 0.2) is 36.7 Å². The van der Waals surface area contributed by atoms with Crippen LogP contribution >= 0.6 is 23.2 Å². The number of hydrogen-bond donors (Lipinski definition) is 0. The zero-order valence-corrected chi connectivity index (χ0v) is 14.1. The number of pyridine rings is 1. The number of hydrogen-bond acceptors (Lipinski definition) is 4. The van der Waals surface area contributed by atoms with E-state index in [9.17, 15) is 0 Å². The predicted octanol–water partition coefficient (Wildman–Crippen LogP) is 4.25. The molecule has 0 aliphatic carbocycles. The standard InChI is InChI=1S/C16H14Cl2N4O/c1-3-23-15-7-10(6-14(18)20-15)12-5-4-11(17)8-13(12)16-21-19-9-22(16)2/h4-9H,3H2,1-2H3. The van der Waals surface area contributed by atoms with Crippen LogP contribution in [-0.4, -0.2) is 26.4 Å². The van der Waals surface area contributed by atoms with Crippen LogP contribution in [0.4, 0.5) is 0 Å². The van der Waals surface area contributed by atoms with Gasteiger partial charge in [0.1, 0.15) is 11.5 Å². The maximum atomic E-state index is 6.17. The average molecular weight is 349 g/mol. The van der Waals surface area contributed by atoms with Crippen LogP contribution in [0.3, 0.4) is 0 Å². The minimum Gasteiger partial charge on any atom is -0.478 e. The maximum Gasteiger partial charge on any atom is 0.215 e. The summed E-state index contributed by atoms with van der Waals surface area (Å²) in [6.07, 6.45) is 1.64. The lowest BCUT2D eigenvalue weighted by molar-refractivity contribution is 0.327. The molecule has 0 saturated heterocycles. The summed E-state index contributed by atoms with van der Waals surface area (Å²) in [6.45, 7) is 2.42. The number of nitrogens with zero attached hydrogens (tertiary/aromatic N) is 4. The van der Waals surface area contributed by atoms with Crippen LogP contribution in [0.25, 0.3) is 22.5 Å². The van der Waals surface area contributed by atoms with E-state index in [1.165, 1.54) is 0 Å². The van der Waals surface area contributed by atoms with Gasteiger partial charge in [-0.3, -0.25) is 0 Å². The first-order valence-electron chi connectivity index (χ1n) is 7.03. The minimum atomic E-state index is 0.366. The molecule has 0 radical (unpaired) electrons. The van der Waals surface area contributed by atoms with E-state index < -0.39 is 0 Å². The Morgan fingerprint density at radius 1 is 1.13 bits per heavy atom.